The molecule has 6 heteroatoms. The SMILES string of the molecule is CCc1nc(CC)n(Cc2ccc(C(N)=S)c(OC)c2)n1. The number of aryl methyl sites for hydroxylation is 2. The van der Waals surface area contributed by atoms with E-state index in [1.165, 1.54) is 0 Å². The fourth-order valence-corrected chi connectivity index (χ4v) is 2.34. The zero-order valence-corrected chi connectivity index (χ0v) is 13.4. The van der Waals surface area contributed by atoms with Crippen LogP contribution in [0.3, 0.4) is 0 Å². The number of hydrogen-bond donors (Lipinski definition) is 1. The number of methoxy groups -OCH3 is 1. The lowest BCUT2D eigenvalue weighted by atomic mass is 10.1. The van der Waals surface area contributed by atoms with Gasteiger partial charge in [-0.05, 0) is 17.7 Å². The normalized spacial score (nSPS) is 10.6. The van der Waals surface area contributed by atoms with E-state index in [1.54, 1.807) is 7.11 Å². The summed E-state index contributed by atoms with van der Waals surface area (Å²) in [6.45, 7) is 4.79. The second kappa shape index (κ2) is 6.67. The lowest BCUT2D eigenvalue weighted by molar-refractivity contribution is 0.413. The van der Waals surface area contributed by atoms with Gasteiger partial charge in [-0.1, -0.05) is 32.1 Å². The van der Waals surface area contributed by atoms with E-state index in [0.717, 1.165) is 35.6 Å². The van der Waals surface area contributed by atoms with Crippen molar-refractivity contribution in [2.24, 2.45) is 5.73 Å². The Morgan fingerprint density at radius 3 is 2.67 bits per heavy atom. The standard InChI is InChI=1S/C15H20N4OS/c1-4-13-17-14(5-2)19(18-13)9-10-6-7-11(15(16)21)12(8-10)20-3/h6-8H,4-5,9H2,1-3H3,(H2,16,21). The minimum atomic E-state index is 0.335. The average molecular weight is 304 g/mol. The fourth-order valence-electron chi connectivity index (χ4n) is 2.17. The molecule has 0 atom stereocenters. The molecule has 0 saturated carbocycles. The average Bonchev–Trinajstić information content (AvgIpc) is 2.89. The molecular formula is C15H20N4OS. The van der Waals surface area contributed by atoms with Gasteiger partial charge in [-0.25, -0.2) is 9.67 Å². The molecule has 1 aromatic carbocycles. The van der Waals surface area contributed by atoms with E-state index in [1.807, 2.05) is 22.9 Å². The van der Waals surface area contributed by atoms with Gasteiger partial charge in [0.15, 0.2) is 5.82 Å². The summed E-state index contributed by atoms with van der Waals surface area (Å²) in [4.78, 5) is 4.85. The van der Waals surface area contributed by atoms with Crippen LogP contribution in [0.1, 0.15) is 36.6 Å². The summed E-state index contributed by atoms with van der Waals surface area (Å²) in [6.07, 6.45) is 1.69. The third-order valence-corrected chi connectivity index (χ3v) is 3.51. The minimum absolute atomic E-state index is 0.335. The van der Waals surface area contributed by atoms with Crippen molar-refractivity contribution < 1.29 is 4.74 Å². The van der Waals surface area contributed by atoms with Crippen molar-refractivity contribution in [2.45, 2.75) is 33.2 Å². The van der Waals surface area contributed by atoms with Crippen molar-refractivity contribution in [1.82, 2.24) is 14.8 Å². The van der Waals surface area contributed by atoms with Gasteiger partial charge in [0.1, 0.15) is 16.6 Å². The number of nitrogens with zero attached hydrogens (tertiary/aromatic N) is 3. The highest BCUT2D eigenvalue weighted by Gasteiger charge is 2.10. The molecule has 1 aromatic heterocycles. The van der Waals surface area contributed by atoms with Crippen molar-refractivity contribution in [2.75, 3.05) is 7.11 Å². The number of aromatic nitrogens is 3. The summed E-state index contributed by atoms with van der Waals surface area (Å²) in [5.74, 6) is 2.55. The second-order valence-electron chi connectivity index (χ2n) is 4.71. The molecule has 2 N–H and O–H groups in total. The first-order valence-corrected chi connectivity index (χ1v) is 7.39. The van der Waals surface area contributed by atoms with Crippen molar-refractivity contribution in [1.29, 1.82) is 0 Å². The Kier molecular flexibility index (Phi) is 4.90. The van der Waals surface area contributed by atoms with E-state index < -0.39 is 0 Å². The third-order valence-electron chi connectivity index (χ3n) is 3.29. The number of thiocarbonyl (C=S) groups is 1. The Hall–Kier alpha value is -1.95. The van der Waals surface area contributed by atoms with Gasteiger partial charge < -0.3 is 10.5 Å². The topological polar surface area (TPSA) is 66.0 Å². The monoisotopic (exact) mass is 304 g/mol. The quantitative estimate of drug-likeness (QED) is 0.828. The van der Waals surface area contributed by atoms with Gasteiger partial charge in [-0.2, -0.15) is 5.10 Å². The van der Waals surface area contributed by atoms with Gasteiger partial charge in [-0.3, -0.25) is 0 Å². The minimum Gasteiger partial charge on any atom is -0.496 e. The molecule has 0 amide bonds. The first-order chi connectivity index (χ1) is 10.1. The molecule has 2 aromatic rings. The van der Waals surface area contributed by atoms with Crippen LogP contribution in [0, 0.1) is 0 Å². The Morgan fingerprint density at radius 2 is 2.10 bits per heavy atom. The summed E-state index contributed by atoms with van der Waals surface area (Å²) in [7, 11) is 1.61. The fraction of sp³-hybridized carbons (Fsp3) is 0.400. The summed E-state index contributed by atoms with van der Waals surface area (Å²) in [5, 5.41) is 4.52. The van der Waals surface area contributed by atoms with Crippen LogP contribution in [0.25, 0.3) is 0 Å². The lowest BCUT2D eigenvalue weighted by Gasteiger charge is -2.10. The van der Waals surface area contributed by atoms with E-state index in [-0.39, 0.29) is 0 Å². The molecule has 0 saturated heterocycles. The maximum atomic E-state index is 5.68. The van der Waals surface area contributed by atoms with Crippen LogP contribution < -0.4 is 10.5 Å². The van der Waals surface area contributed by atoms with Crippen molar-refractivity contribution in [3.05, 3.63) is 41.0 Å². The number of nitrogens with two attached hydrogens (primary N) is 1. The maximum Gasteiger partial charge on any atom is 0.150 e. The van der Waals surface area contributed by atoms with E-state index in [0.29, 0.717) is 17.3 Å². The van der Waals surface area contributed by atoms with Gasteiger partial charge in [0.2, 0.25) is 0 Å². The van der Waals surface area contributed by atoms with Gasteiger partial charge >= 0.3 is 0 Å². The predicted molar refractivity (Wildman–Crippen MR) is 86.8 cm³/mol. The molecule has 112 valence electrons. The molecule has 0 aliphatic carbocycles. The number of hydrogen-bond acceptors (Lipinski definition) is 4. The molecule has 21 heavy (non-hydrogen) atoms. The molecule has 2 rings (SSSR count). The highest BCUT2D eigenvalue weighted by molar-refractivity contribution is 7.80. The van der Waals surface area contributed by atoms with Crippen molar-refractivity contribution in [3.63, 3.8) is 0 Å². The summed E-state index contributed by atoms with van der Waals surface area (Å²) in [6, 6.07) is 5.82. The Labute approximate surface area is 130 Å². The molecule has 0 aliphatic heterocycles. The summed E-state index contributed by atoms with van der Waals surface area (Å²) < 4.78 is 7.29. The van der Waals surface area contributed by atoms with Crippen LogP contribution in [0.5, 0.6) is 5.75 Å². The van der Waals surface area contributed by atoms with Gasteiger partial charge in [0, 0.05) is 12.8 Å². The zero-order valence-electron chi connectivity index (χ0n) is 12.6. The molecule has 0 bridgehead atoms. The van der Waals surface area contributed by atoms with Crippen molar-refractivity contribution >= 4 is 17.2 Å². The Bertz CT molecular complexity index is 651. The number of ether oxygens (including phenoxy) is 1. The molecular weight excluding hydrogens is 284 g/mol. The van der Waals surface area contributed by atoms with Crippen LogP contribution in [0.2, 0.25) is 0 Å². The van der Waals surface area contributed by atoms with Crippen LogP contribution in [-0.2, 0) is 19.4 Å². The summed E-state index contributed by atoms with van der Waals surface area (Å²) in [5.41, 5.74) is 7.51. The number of rotatable bonds is 6. The van der Waals surface area contributed by atoms with Gasteiger partial charge in [0.05, 0.1) is 19.2 Å². The Balaban J connectivity index is 2.31. The van der Waals surface area contributed by atoms with Crippen LogP contribution in [-0.4, -0.2) is 26.9 Å². The molecule has 0 fully saturated rings. The van der Waals surface area contributed by atoms with Gasteiger partial charge in [0.25, 0.3) is 0 Å². The highest BCUT2D eigenvalue weighted by atomic mass is 32.1. The van der Waals surface area contributed by atoms with Crippen LogP contribution in [0.15, 0.2) is 18.2 Å². The van der Waals surface area contributed by atoms with E-state index in [2.05, 4.69) is 23.9 Å². The van der Waals surface area contributed by atoms with Crippen LogP contribution in [0.4, 0.5) is 0 Å². The molecule has 0 radical (unpaired) electrons. The Morgan fingerprint density at radius 1 is 1.33 bits per heavy atom. The highest BCUT2D eigenvalue weighted by Crippen LogP contribution is 2.21. The van der Waals surface area contributed by atoms with Crippen molar-refractivity contribution in [3.8, 4) is 5.75 Å². The largest absolute Gasteiger partial charge is 0.496 e. The molecule has 5 nitrogen and oxygen atoms in total. The third kappa shape index (κ3) is 3.39. The van der Waals surface area contributed by atoms with Gasteiger partial charge in [-0.15, -0.1) is 0 Å². The molecule has 0 unspecified atom stereocenters. The zero-order chi connectivity index (χ0) is 15.4. The molecule has 0 aliphatic rings. The smallest absolute Gasteiger partial charge is 0.150 e. The first-order valence-electron chi connectivity index (χ1n) is 6.98. The van der Waals surface area contributed by atoms with E-state index >= 15 is 0 Å². The predicted octanol–water partition coefficient (Wildman–Crippen LogP) is 2.09. The second-order valence-corrected chi connectivity index (χ2v) is 5.15. The first kappa shape index (κ1) is 15.4. The summed E-state index contributed by atoms with van der Waals surface area (Å²) >= 11 is 5.02. The van der Waals surface area contributed by atoms with E-state index in [9.17, 15) is 0 Å². The lowest BCUT2D eigenvalue weighted by Crippen LogP contribution is -2.12. The van der Waals surface area contributed by atoms with Crippen LogP contribution >= 0.6 is 12.2 Å². The molecule has 1 heterocycles. The number of benzene rings is 1. The van der Waals surface area contributed by atoms with E-state index in [4.69, 9.17) is 22.7 Å². The molecule has 0 spiro atoms. The maximum absolute atomic E-state index is 5.68.